The largest absolute Gasteiger partial charge is 0.334 e. The summed E-state index contributed by atoms with van der Waals surface area (Å²) in [6, 6.07) is 0. The minimum Gasteiger partial charge on any atom is -0.334 e. The fourth-order valence-electron chi connectivity index (χ4n) is 2.59. The highest BCUT2D eigenvalue weighted by Gasteiger charge is 2.46. The van der Waals surface area contributed by atoms with Crippen molar-refractivity contribution in [3.05, 3.63) is 36.1 Å². The second kappa shape index (κ2) is 6.98. The van der Waals surface area contributed by atoms with Crippen LogP contribution in [0.5, 0.6) is 0 Å². The highest BCUT2D eigenvalue weighted by molar-refractivity contribution is 8.24. The first-order valence-corrected chi connectivity index (χ1v) is 8.66. The number of thioether (sulfide) groups is 1. The number of carbonyl (C=O) groups is 1. The van der Waals surface area contributed by atoms with Crippen LogP contribution in [0.4, 0.5) is 0 Å². The maximum atomic E-state index is 11.2. The summed E-state index contributed by atoms with van der Waals surface area (Å²) in [6.07, 6.45) is 9.94. The van der Waals surface area contributed by atoms with Crippen LogP contribution in [0.3, 0.4) is 0 Å². The van der Waals surface area contributed by atoms with E-state index in [0.29, 0.717) is 0 Å². The molecule has 1 saturated heterocycles. The van der Waals surface area contributed by atoms with Gasteiger partial charge < -0.3 is 4.90 Å². The van der Waals surface area contributed by atoms with E-state index < -0.39 is 0 Å². The van der Waals surface area contributed by atoms with Crippen LogP contribution in [0.15, 0.2) is 36.1 Å². The standard InChI is InChI=1S/C16H22N2O2S2/c1-4-5-10-17-14(16(2,3)22-15(17)21)18(20)11-12-6-8-13(19)9-7-12/h6-9,11,14,20H,4-5,10H2,1-3H3/t14-/m0/s1. The van der Waals surface area contributed by atoms with E-state index in [1.54, 1.807) is 30.1 Å². The Morgan fingerprint density at radius 3 is 2.64 bits per heavy atom. The average molecular weight is 338 g/mol. The molecule has 0 aromatic rings. The van der Waals surface area contributed by atoms with Crippen molar-refractivity contribution in [2.45, 2.75) is 44.5 Å². The van der Waals surface area contributed by atoms with Crippen LogP contribution in [0, 0.1) is 0 Å². The number of unbranched alkanes of at least 4 members (excludes halogenated alkanes) is 1. The van der Waals surface area contributed by atoms with Crippen molar-refractivity contribution < 1.29 is 10.0 Å². The normalized spacial score (nSPS) is 23.4. The molecule has 22 heavy (non-hydrogen) atoms. The summed E-state index contributed by atoms with van der Waals surface area (Å²) in [6.45, 7) is 7.14. The first-order chi connectivity index (χ1) is 10.3. The summed E-state index contributed by atoms with van der Waals surface area (Å²) < 4.78 is 0.611. The molecular weight excluding hydrogens is 316 g/mol. The molecule has 2 aliphatic rings. The second-order valence-electron chi connectivity index (χ2n) is 5.97. The van der Waals surface area contributed by atoms with Crippen LogP contribution in [0.2, 0.25) is 0 Å². The van der Waals surface area contributed by atoms with Gasteiger partial charge in [-0.15, -0.1) is 0 Å². The van der Waals surface area contributed by atoms with E-state index in [9.17, 15) is 10.0 Å². The summed E-state index contributed by atoms with van der Waals surface area (Å²) in [5.74, 6) is -0.0378. The first-order valence-electron chi connectivity index (χ1n) is 7.44. The summed E-state index contributed by atoms with van der Waals surface area (Å²) in [4.78, 5) is 13.2. The van der Waals surface area contributed by atoms with E-state index in [1.165, 1.54) is 17.2 Å². The molecule has 0 unspecified atom stereocenters. The maximum Gasteiger partial charge on any atom is 0.178 e. The number of hydrogen-bond acceptors (Lipinski definition) is 5. The molecule has 120 valence electrons. The topological polar surface area (TPSA) is 43.8 Å². The lowest BCUT2D eigenvalue weighted by atomic mass is 10.1. The molecule has 0 bridgehead atoms. The lowest BCUT2D eigenvalue weighted by Gasteiger charge is -2.36. The van der Waals surface area contributed by atoms with Crippen LogP contribution in [0.25, 0.3) is 0 Å². The first kappa shape index (κ1) is 17.2. The Morgan fingerprint density at radius 1 is 1.41 bits per heavy atom. The molecule has 0 radical (unpaired) electrons. The molecular formula is C16H22N2O2S2. The predicted molar refractivity (Wildman–Crippen MR) is 94.7 cm³/mol. The van der Waals surface area contributed by atoms with Crippen molar-refractivity contribution in [2.75, 3.05) is 6.54 Å². The van der Waals surface area contributed by atoms with E-state index in [0.717, 1.165) is 29.3 Å². The molecule has 0 aromatic carbocycles. The molecule has 1 atom stereocenters. The van der Waals surface area contributed by atoms with Gasteiger partial charge in [-0.05, 0) is 50.1 Å². The Morgan fingerprint density at radius 2 is 2.05 bits per heavy atom. The molecule has 1 N–H and O–H groups in total. The molecule has 1 aliphatic carbocycles. The molecule has 6 heteroatoms. The monoisotopic (exact) mass is 338 g/mol. The second-order valence-corrected chi connectivity index (χ2v) is 8.26. The third kappa shape index (κ3) is 3.80. The van der Waals surface area contributed by atoms with Crippen LogP contribution in [-0.4, -0.2) is 42.7 Å². The summed E-state index contributed by atoms with van der Waals surface area (Å²) in [5, 5.41) is 11.8. The Hall–Kier alpha value is -1.11. The van der Waals surface area contributed by atoms with Gasteiger partial charge in [0.1, 0.15) is 10.5 Å². The molecule has 4 nitrogen and oxygen atoms in total. The molecule has 1 aliphatic heterocycles. The van der Waals surface area contributed by atoms with E-state index in [4.69, 9.17) is 12.2 Å². The predicted octanol–water partition coefficient (Wildman–Crippen LogP) is 3.50. The van der Waals surface area contributed by atoms with E-state index in [1.807, 2.05) is 0 Å². The van der Waals surface area contributed by atoms with Crippen molar-refractivity contribution in [3.8, 4) is 0 Å². The molecule has 0 saturated carbocycles. The van der Waals surface area contributed by atoms with Crippen LogP contribution in [-0.2, 0) is 4.79 Å². The Bertz CT molecular complexity index is 534. The number of nitrogens with zero attached hydrogens (tertiary/aromatic N) is 2. The minimum atomic E-state index is -0.219. The fraction of sp³-hybridized carbons (Fsp3) is 0.500. The van der Waals surface area contributed by atoms with Crippen LogP contribution >= 0.6 is 24.0 Å². The third-order valence-corrected chi connectivity index (χ3v) is 5.30. The maximum absolute atomic E-state index is 11.2. The lowest BCUT2D eigenvalue weighted by molar-refractivity contribution is -0.122. The molecule has 1 heterocycles. The zero-order valence-corrected chi connectivity index (χ0v) is 14.8. The summed E-state index contributed by atoms with van der Waals surface area (Å²) in [7, 11) is 0. The highest BCUT2D eigenvalue weighted by Crippen LogP contribution is 2.42. The summed E-state index contributed by atoms with van der Waals surface area (Å²) in [5.41, 5.74) is 0.788. The van der Waals surface area contributed by atoms with Crippen molar-refractivity contribution in [1.29, 1.82) is 0 Å². The van der Waals surface area contributed by atoms with Gasteiger partial charge in [0.15, 0.2) is 5.78 Å². The zero-order valence-electron chi connectivity index (χ0n) is 13.2. The van der Waals surface area contributed by atoms with Gasteiger partial charge in [-0.25, -0.2) is 5.06 Å². The number of carbonyl (C=O) groups excluding carboxylic acids is 1. The molecule has 0 amide bonds. The van der Waals surface area contributed by atoms with Crippen molar-refractivity contribution in [2.24, 2.45) is 0 Å². The number of allylic oxidation sites excluding steroid dienone is 5. The molecule has 2 rings (SSSR count). The van der Waals surface area contributed by atoms with E-state index in [-0.39, 0.29) is 16.7 Å². The number of thiocarbonyl (C=S) groups is 1. The smallest absolute Gasteiger partial charge is 0.178 e. The van der Waals surface area contributed by atoms with E-state index in [2.05, 4.69) is 25.7 Å². The third-order valence-electron chi connectivity index (χ3n) is 3.67. The Balaban J connectivity index is 2.20. The van der Waals surface area contributed by atoms with Gasteiger partial charge in [-0.3, -0.25) is 10.0 Å². The molecule has 1 fully saturated rings. The summed E-state index contributed by atoms with van der Waals surface area (Å²) >= 11 is 7.09. The number of hydrogen-bond donors (Lipinski definition) is 1. The molecule has 0 spiro atoms. The van der Waals surface area contributed by atoms with Gasteiger partial charge in [-0.2, -0.15) is 0 Å². The minimum absolute atomic E-state index is 0.0378. The van der Waals surface area contributed by atoms with Crippen LogP contribution in [0.1, 0.15) is 33.6 Å². The van der Waals surface area contributed by atoms with Crippen molar-refractivity contribution >= 4 is 34.1 Å². The van der Waals surface area contributed by atoms with Crippen molar-refractivity contribution in [1.82, 2.24) is 9.96 Å². The quantitative estimate of drug-likeness (QED) is 0.611. The highest BCUT2D eigenvalue weighted by atomic mass is 32.2. The van der Waals surface area contributed by atoms with Crippen molar-refractivity contribution in [3.63, 3.8) is 0 Å². The molecule has 0 aromatic heterocycles. The number of hydroxylamine groups is 2. The van der Waals surface area contributed by atoms with Gasteiger partial charge in [-0.1, -0.05) is 37.3 Å². The number of ketones is 1. The Kier molecular flexibility index (Phi) is 5.47. The fourth-order valence-corrected chi connectivity index (χ4v) is 4.53. The van der Waals surface area contributed by atoms with Gasteiger partial charge >= 0.3 is 0 Å². The van der Waals surface area contributed by atoms with Gasteiger partial charge in [0.05, 0.1) is 4.75 Å². The zero-order chi connectivity index (χ0) is 16.3. The average Bonchev–Trinajstić information content (AvgIpc) is 2.67. The van der Waals surface area contributed by atoms with Gasteiger partial charge in [0, 0.05) is 12.7 Å². The van der Waals surface area contributed by atoms with E-state index >= 15 is 0 Å². The number of rotatable bonds is 5. The van der Waals surface area contributed by atoms with Gasteiger partial charge in [0.2, 0.25) is 0 Å². The SMILES string of the molecule is CCCCN1C(=S)SC(C)(C)[C@@H]1N(O)C=C1C=CC(=O)C=C1. The van der Waals surface area contributed by atoms with Gasteiger partial charge in [0.25, 0.3) is 0 Å². The lowest BCUT2D eigenvalue weighted by Crippen LogP contribution is -2.50. The Labute approximate surface area is 141 Å². The van der Waals surface area contributed by atoms with Crippen LogP contribution < -0.4 is 0 Å².